The van der Waals surface area contributed by atoms with Crippen molar-refractivity contribution in [1.82, 2.24) is 10.2 Å². The molecule has 4 nitrogen and oxygen atoms in total. The van der Waals surface area contributed by atoms with E-state index in [1.807, 2.05) is 26.1 Å². The number of amides is 1. The second-order valence-electron chi connectivity index (χ2n) is 7.62. The van der Waals surface area contributed by atoms with Crippen molar-refractivity contribution in [2.45, 2.75) is 58.0 Å². The Morgan fingerprint density at radius 2 is 1.91 bits per heavy atom. The van der Waals surface area contributed by atoms with Crippen LogP contribution in [0, 0.1) is 0 Å². The van der Waals surface area contributed by atoms with Crippen molar-refractivity contribution in [3.63, 3.8) is 0 Å². The Labute approximate surface area is 140 Å². The summed E-state index contributed by atoms with van der Waals surface area (Å²) < 4.78 is 0. The van der Waals surface area contributed by atoms with Crippen LogP contribution in [0.3, 0.4) is 0 Å². The number of hydrogen-bond acceptors (Lipinski definition) is 3. The van der Waals surface area contributed by atoms with E-state index < -0.39 is 0 Å². The Morgan fingerprint density at radius 1 is 1.26 bits per heavy atom. The van der Waals surface area contributed by atoms with Crippen molar-refractivity contribution in [3.8, 4) is 0 Å². The Morgan fingerprint density at radius 3 is 2.48 bits per heavy atom. The van der Waals surface area contributed by atoms with E-state index in [0.29, 0.717) is 6.04 Å². The van der Waals surface area contributed by atoms with Gasteiger partial charge in [0, 0.05) is 18.3 Å². The predicted molar refractivity (Wildman–Crippen MR) is 96.9 cm³/mol. The molecule has 2 N–H and O–H groups in total. The number of anilines is 1. The summed E-state index contributed by atoms with van der Waals surface area (Å²) in [5.74, 6) is 0.0743. The van der Waals surface area contributed by atoms with Crippen LogP contribution in [0.1, 0.15) is 46.1 Å². The molecule has 2 atom stereocenters. The Balaban J connectivity index is 1.95. The van der Waals surface area contributed by atoms with Crippen molar-refractivity contribution in [2.75, 3.05) is 25.5 Å². The van der Waals surface area contributed by atoms with E-state index in [1.165, 1.54) is 12.0 Å². The number of carbonyl (C=O) groups excluding carboxylic acids is 1. The van der Waals surface area contributed by atoms with E-state index in [2.05, 4.69) is 48.4 Å². The second kappa shape index (κ2) is 7.45. The Hall–Kier alpha value is -1.39. The third kappa shape index (κ3) is 4.79. The molecular weight excluding hydrogens is 286 g/mol. The summed E-state index contributed by atoms with van der Waals surface area (Å²) in [5, 5.41) is 6.37. The SMILES string of the molecule is CNC1CCCN(C(C)C(=O)Nc2ccc(C(C)(C)C)cc2)C1. The molecule has 0 spiro atoms. The van der Waals surface area contributed by atoms with Gasteiger partial charge in [0.2, 0.25) is 5.91 Å². The van der Waals surface area contributed by atoms with Crippen LogP contribution in [-0.2, 0) is 10.2 Å². The maximum atomic E-state index is 12.5. The highest BCUT2D eigenvalue weighted by Gasteiger charge is 2.26. The van der Waals surface area contributed by atoms with Gasteiger partial charge < -0.3 is 10.6 Å². The summed E-state index contributed by atoms with van der Waals surface area (Å²) in [6.07, 6.45) is 2.33. The van der Waals surface area contributed by atoms with E-state index in [9.17, 15) is 4.79 Å². The van der Waals surface area contributed by atoms with Crippen molar-refractivity contribution < 1.29 is 4.79 Å². The molecule has 1 fully saturated rings. The van der Waals surface area contributed by atoms with Crippen molar-refractivity contribution in [2.24, 2.45) is 0 Å². The highest BCUT2D eigenvalue weighted by Crippen LogP contribution is 2.23. The monoisotopic (exact) mass is 317 g/mol. The minimum Gasteiger partial charge on any atom is -0.325 e. The lowest BCUT2D eigenvalue weighted by molar-refractivity contribution is -0.121. The summed E-state index contributed by atoms with van der Waals surface area (Å²) >= 11 is 0. The fraction of sp³-hybridized carbons (Fsp3) is 0.632. The smallest absolute Gasteiger partial charge is 0.241 e. The molecule has 2 rings (SSSR count). The van der Waals surface area contributed by atoms with Crippen molar-refractivity contribution >= 4 is 11.6 Å². The third-order valence-electron chi connectivity index (χ3n) is 4.81. The molecule has 1 aliphatic rings. The largest absolute Gasteiger partial charge is 0.325 e. The first-order chi connectivity index (χ1) is 10.8. The number of nitrogens with one attached hydrogen (secondary N) is 2. The van der Waals surface area contributed by atoms with E-state index >= 15 is 0 Å². The molecule has 1 heterocycles. The van der Waals surface area contributed by atoms with Gasteiger partial charge in [-0.2, -0.15) is 0 Å². The maximum absolute atomic E-state index is 12.5. The Kier molecular flexibility index (Phi) is 5.82. The lowest BCUT2D eigenvalue weighted by Gasteiger charge is -2.35. The van der Waals surface area contributed by atoms with E-state index in [0.717, 1.165) is 25.2 Å². The van der Waals surface area contributed by atoms with Crippen LogP contribution in [0.15, 0.2) is 24.3 Å². The van der Waals surface area contributed by atoms with E-state index in [1.54, 1.807) is 0 Å². The molecule has 0 bridgehead atoms. The molecule has 1 saturated heterocycles. The standard InChI is InChI=1S/C19H31N3O/c1-14(22-12-6-7-17(13-22)20-5)18(23)21-16-10-8-15(9-11-16)19(2,3)4/h8-11,14,17,20H,6-7,12-13H2,1-5H3,(H,21,23). The highest BCUT2D eigenvalue weighted by molar-refractivity contribution is 5.94. The van der Waals surface area contributed by atoms with Gasteiger partial charge in [0.25, 0.3) is 0 Å². The van der Waals surface area contributed by atoms with Gasteiger partial charge in [0.15, 0.2) is 0 Å². The van der Waals surface area contributed by atoms with Gasteiger partial charge in [-0.15, -0.1) is 0 Å². The van der Waals surface area contributed by atoms with Crippen LogP contribution in [0.5, 0.6) is 0 Å². The fourth-order valence-electron chi connectivity index (χ4n) is 3.06. The summed E-state index contributed by atoms with van der Waals surface area (Å²) in [6.45, 7) is 10.5. The summed E-state index contributed by atoms with van der Waals surface area (Å²) in [4.78, 5) is 14.8. The van der Waals surface area contributed by atoms with Gasteiger partial charge in [-0.05, 0) is 56.5 Å². The molecule has 0 aromatic heterocycles. The predicted octanol–water partition coefficient (Wildman–Crippen LogP) is 2.99. The molecule has 128 valence electrons. The second-order valence-corrected chi connectivity index (χ2v) is 7.62. The Bertz CT molecular complexity index is 518. The number of rotatable bonds is 4. The molecule has 4 heteroatoms. The molecule has 0 aliphatic carbocycles. The lowest BCUT2D eigenvalue weighted by atomic mass is 9.87. The van der Waals surface area contributed by atoms with Gasteiger partial charge in [0.1, 0.15) is 0 Å². The first-order valence-electron chi connectivity index (χ1n) is 8.64. The first kappa shape index (κ1) is 18.0. The quantitative estimate of drug-likeness (QED) is 0.897. The topological polar surface area (TPSA) is 44.4 Å². The van der Waals surface area contributed by atoms with Gasteiger partial charge in [-0.1, -0.05) is 32.9 Å². The molecule has 1 amide bonds. The first-order valence-corrected chi connectivity index (χ1v) is 8.64. The molecule has 23 heavy (non-hydrogen) atoms. The molecule has 2 unspecified atom stereocenters. The average Bonchev–Trinajstić information content (AvgIpc) is 2.53. The van der Waals surface area contributed by atoms with Gasteiger partial charge >= 0.3 is 0 Å². The molecule has 0 saturated carbocycles. The van der Waals surface area contributed by atoms with Gasteiger partial charge in [-0.25, -0.2) is 0 Å². The van der Waals surface area contributed by atoms with E-state index in [4.69, 9.17) is 0 Å². The molecule has 1 aliphatic heterocycles. The van der Waals surface area contributed by atoms with Crippen LogP contribution < -0.4 is 10.6 Å². The lowest BCUT2D eigenvalue weighted by Crippen LogP contribution is -2.51. The van der Waals surface area contributed by atoms with Crippen molar-refractivity contribution in [1.29, 1.82) is 0 Å². The maximum Gasteiger partial charge on any atom is 0.241 e. The number of hydrogen-bond donors (Lipinski definition) is 2. The number of benzene rings is 1. The van der Waals surface area contributed by atoms with Crippen LogP contribution in [-0.4, -0.2) is 43.0 Å². The normalized spacial score (nSPS) is 21.0. The van der Waals surface area contributed by atoms with Crippen LogP contribution in [0.25, 0.3) is 0 Å². The minimum atomic E-state index is -0.103. The van der Waals surface area contributed by atoms with E-state index in [-0.39, 0.29) is 17.4 Å². The number of likely N-dealkylation sites (tertiary alicyclic amines) is 1. The number of likely N-dealkylation sites (N-methyl/N-ethyl adjacent to an activating group) is 1. The van der Waals surface area contributed by atoms with Crippen LogP contribution >= 0.6 is 0 Å². The summed E-state index contributed by atoms with van der Waals surface area (Å²) in [7, 11) is 2.00. The minimum absolute atomic E-state index is 0.0743. The number of nitrogens with zero attached hydrogens (tertiary/aromatic N) is 1. The number of carbonyl (C=O) groups is 1. The van der Waals surface area contributed by atoms with Gasteiger partial charge in [-0.3, -0.25) is 9.69 Å². The molecular formula is C19H31N3O. The fourth-order valence-corrected chi connectivity index (χ4v) is 3.06. The highest BCUT2D eigenvalue weighted by atomic mass is 16.2. The number of piperidine rings is 1. The zero-order chi connectivity index (χ0) is 17.0. The summed E-state index contributed by atoms with van der Waals surface area (Å²) in [6, 6.07) is 8.57. The third-order valence-corrected chi connectivity index (χ3v) is 4.81. The average molecular weight is 317 g/mol. The van der Waals surface area contributed by atoms with Crippen LogP contribution in [0.4, 0.5) is 5.69 Å². The molecule has 1 aromatic rings. The zero-order valence-corrected chi connectivity index (χ0v) is 15.1. The van der Waals surface area contributed by atoms with Crippen LogP contribution in [0.2, 0.25) is 0 Å². The molecule has 0 radical (unpaired) electrons. The molecule has 1 aromatic carbocycles. The van der Waals surface area contributed by atoms with Gasteiger partial charge in [0.05, 0.1) is 6.04 Å². The zero-order valence-electron chi connectivity index (χ0n) is 15.1. The summed E-state index contributed by atoms with van der Waals surface area (Å²) in [5.41, 5.74) is 2.28. The van der Waals surface area contributed by atoms with Crippen molar-refractivity contribution in [3.05, 3.63) is 29.8 Å².